The van der Waals surface area contributed by atoms with Gasteiger partial charge in [0.05, 0.1) is 5.75 Å². The van der Waals surface area contributed by atoms with Gasteiger partial charge in [-0.25, -0.2) is 0 Å². The molecule has 0 atom stereocenters. The van der Waals surface area contributed by atoms with Gasteiger partial charge in [0.1, 0.15) is 0 Å². The number of hydrogen-bond acceptors (Lipinski definition) is 3. The van der Waals surface area contributed by atoms with Crippen LogP contribution in [0.1, 0.15) is 16.8 Å². The number of likely N-dealkylation sites (N-methyl/N-ethyl adjacent to an activating group) is 1. The smallest absolute Gasteiger partial charge is 0.232 e. The quantitative estimate of drug-likeness (QED) is 0.786. The van der Waals surface area contributed by atoms with Crippen LogP contribution in [0.25, 0.3) is 0 Å². The number of carbonyl (C=O) groups is 1. The van der Waals surface area contributed by atoms with Gasteiger partial charge in [-0.05, 0) is 24.6 Å². The van der Waals surface area contributed by atoms with Crippen LogP contribution in [0.2, 0.25) is 0 Å². The first-order chi connectivity index (χ1) is 10.6. The van der Waals surface area contributed by atoms with Crippen molar-refractivity contribution >= 4 is 17.7 Å². The second-order valence-electron chi connectivity index (χ2n) is 5.36. The third-order valence-electron chi connectivity index (χ3n) is 3.47. The van der Waals surface area contributed by atoms with E-state index in [4.69, 9.17) is 0 Å². The minimum atomic E-state index is 0.174. The molecule has 0 aliphatic rings. The van der Waals surface area contributed by atoms with Crippen LogP contribution in [0.4, 0.5) is 0 Å². The van der Waals surface area contributed by atoms with E-state index in [0.29, 0.717) is 12.3 Å². The summed E-state index contributed by atoms with van der Waals surface area (Å²) < 4.78 is 0. The van der Waals surface area contributed by atoms with Gasteiger partial charge in [0.25, 0.3) is 0 Å². The summed E-state index contributed by atoms with van der Waals surface area (Å²) in [5.41, 5.74) is 3.55. The Balaban J connectivity index is 1.69. The van der Waals surface area contributed by atoms with Gasteiger partial charge < -0.3 is 4.90 Å². The van der Waals surface area contributed by atoms with Gasteiger partial charge in [0.15, 0.2) is 0 Å². The molecule has 0 bridgehead atoms. The van der Waals surface area contributed by atoms with Crippen molar-refractivity contribution in [3.8, 4) is 0 Å². The topological polar surface area (TPSA) is 33.2 Å². The zero-order valence-electron chi connectivity index (χ0n) is 13.2. The predicted octanol–water partition coefficient (Wildman–Crippen LogP) is 3.32. The van der Waals surface area contributed by atoms with E-state index in [2.05, 4.69) is 36.2 Å². The van der Waals surface area contributed by atoms with Gasteiger partial charge in [-0.2, -0.15) is 0 Å². The second kappa shape index (κ2) is 8.59. The molecular weight excluding hydrogens is 292 g/mol. The van der Waals surface area contributed by atoms with E-state index in [0.717, 1.165) is 17.9 Å². The van der Waals surface area contributed by atoms with E-state index in [1.807, 2.05) is 25.2 Å². The minimum absolute atomic E-state index is 0.174. The van der Waals surface area contributed by atoms with Crippen LogP contribution < -0.4 is 0 Å². The number of rotatable bonds is 7. The molecule has 1 heterocycles. The fourth-order valence-electron chi connectivity index (χ4n) is 2.00. The molecule has 2 aromatic rings. The lowest BCUT2D eigenvalue weighted by Crippen LogP contribution is -2.30. The molecule has 0 fully saturated rings. The van der Waals surface area contributed by atoms with Crippen LogP contribution in [-0.4, -0.2) is 35.1 Å². The van der Waals surface area contributed by atoms with E-state index in [-0.39, 0.29) is 5.91 Å². The highest BCUT2D eigenvalue weighted by Gasteiger charge is 2.09. The van der Waals surface area contributed by atoms with E-state index in [9.17, 15) is 4.79 Å². The van der Waals surface area contributed by atoms with Gasteiger partial charge in [0, 0.05) is 37.7 Å². The number of pyridine rings is 1. The van der Waals surface area contributed by atoms with Gasteiger partial charge >= 0.3 is 0 Å². The van der Waals surface area contributed by atoms with E-state index in [1.54, 1.807) is 22.9 Å². The van der Waals surface area contributed by atoms with Crippen molar-refractivity contribution in [3.63, 3.8) is 0 Å². The Morgan fingerprint density at radius 2 is 1.95 bits per heavy atom. The molecule has 0 saturated carbocycles. The van der Waals surface area contributed by atoms with Crippen LogP contribution in [-0.2, 0) is 17.0 Å². The van der Waals surface area contributed by atoms with Gasteiger partial charge in [-0.15, -0.1) is 11.8 Å². The molecule has 1 amide bonds. The molecule has 0 aliphatic carbocycles. The summed E-state index contributed by atoms with van der Waals surface area (Å²) in [4.78, 5) is 18.2. The Hall–Kier alpha value is -1.81. The first-order valence-electron chi connectivity index (χ1n) is 7.42. The maximum Gasteiger partial charge on any atom is 0.232 e. The van der Waals surface area contributed by atoms with Gasteiger partial charge in [-0.3, -0.25) is 9.78 Å². The third-order valence-corrected chi connectivity index (χ3v) is 4.46. The average Bonchev–Trinajstić information content (AvgIpc) is 2.55. The fourth-order valence-corrected chi connectivity index (χ4v) is 2.93. The molecule has 3 nitrogen and oxygen atoms in total. The van der Waals surface area contributed by atoms with Crippen molar-refractivity contribution in [1.29, 1.82) is 0 Å². The maximum atomic E-state index is 12.1. The summed E-state index contributed by atoms with van der Waals surface area (Å²) in [7, 11) is 1.86. The molecule has 116 valence electrons. The van der Waals surface area contributed by atoms with Crippen molar-refractivity contribution in [2.75, 3.05) is 19.3 Å². The first-order valence-corrected chi connectivity index (χ1v) is 8.58. The van der Waals surface area contributed by atoms with Gasteiger partial charge in [-0.1, -0.05) is 35.9 Å². The normalized spacial score (nSPS) is 10.5. The number of hydrogen-bond donors (Lipinski definition) is 0. The van der Waals surface area contributed by atoms with Crippen molar-refractivity contribution in [1.82, 2.24) is 9.88 Å². The number of benzene rings is 1. The van der Waals surface area contributed by atoms with Crippen LogP contribution in [0.15, 0.2) is 48.7 Å². The summed E-state index contributed by atoms with van der Waals surface area (Å²) in [6.07, 6.45) is 2.58. The van der Waals surface area contributed by atoms with E-state index >= 15 is 0 Å². The summed E-state index contributed by atoms with van der Waals surface area (Å²) >= 11 is 1.66. The summed E-state index contributed by atoms with van der Waals surface area (Å²) in [5, 5.41) is 0. The van der Waals surface area contributed by atoms with Gasteiger partial charge in [0.2, 0.25) is 5.91 Å². The zero-order valence-corrected chi connectivity index (χ0v) is 14.0. The monoisotopic (exact) mass is 314 g/mol. The molecule has 0 N–H and O–H groups in total. The number of aromatic nitrogens is 1. The Bertz CT molecular complexity index is 584. The highest BCUT2D eigenvalue weighted by Crippen LogP contribution is 2.13. The van der Waals surface area contributed by atoms with Crippen molar-refractivity contribution in [2.24, 2.45) is 0 Å². The summed E-state index contributed by atoms with van der Waals surface area (Å²) in [6.45, 7) is 2.79. The molecule has 0 aliphatic heterocycles. The largest absolute Gasteiger partial charge is 0.345 e. The zero-order chi connectivity index (χ0) is 15.8. The molecule has 0 saturated heterocycles. The molecule has 22 heavy (non-hydrogen) atoms. The Labute approximate surface area is 136 Å². The standard InChI is InChI=1S/C18H22N2OS/c1-15-6-8-16(9-7-15)13-22-14-18(21)20(2)12-10-17-5-3-4-11-19-17/h3-9,11H,10,12-14H2,1-2H3. The lowest BCUT2D eigenvalue weighted by atomic mass is 10.2. The van der Waals surface area contributed by atoms with Crippen LogP contribution in [0.3, 0.4) is 0 Å². The molecule has 1 aromatic heterocycles. The minimum Gasteiger partial charge on any atom is -0.345 e. The average molecular weight is 314 g/mol. The lowest BCUT2D eigenvalue weighted by Gasteiger charge is -2.16. The first kappa shape index (κ1) is 16.6. The molecule has 0 unspecified atom stereocenters. The predicted molar refractivity (Wildman–Crippen MR) is 92.9 cm³/mol. The molecule has 0 radical (unpaired) electrons. The molecule has 2 rings (SSSR count). The summed E-state index contributed by atoms with van der Waals surface area (Å²) in [5.74, 6) is 1.57. The molecular formula is C18H22N2OS. The second-order valence-corrected chi connectivity index (χ2v) is 6.35. The fraction of sp³-hybridized carbons (Fsp3) is 0.333. The van der Waals surface area contributed by atoms with E-state index < -0.39 is 0 Å². The number of nitrogens with zero attached hydrogens (tertiary/aromatic N) is 2. The highest BCUT2D eigenvalue weighted by atomic mass is 32.2. The van der Waals surface area contributed by atoms with E-state index in [1.165, 1.54) is 11.1 Å². The van der Waals surface area contributed by atoms with Crippen LogP contribution in [0.5, 0.6) is 0 Å². The Morgan fingerprint density at radius 1 is 1.18 bits per heavy atom. The van der Waals surface area contributed by atoms with Crippen LogP contribution >= 0.6 is 11.8 Å². The lowest BCUT2D eigenvalue weighted by molar-refractivity contribution is -0.127. The highest BCUT2D eigenvalue weighted by molar-refractivity contribution is 7.99. The van der Waals surface area contributed by atoms with Crippen molar-refractivity contribution in [2.45, 2.75) is 19.1 Å². The van der Waals surface area contributed by atoms with Crippen molar-refractivity contribution in [3.05, 3.63) is 65.5 Å². The molecule has 0 spiro atoms. The molecule has 1 aromatic carbocycles. The maximum absolute atomic E-state index is 12.1. The number of amides is 1. The number of carbonyl (C=O) groups excluding carboxylic acids is 1. The third kappa shape index (κ3) is 5.53. The van der Waals surface area contributed by atoms with Crippen LogP contribution in [0, 0.1) is 6.92 Å². The number of aryl methyl sites for hydroxylation is 1. The Morgan fingerprint density at radius 3 is 2.64 bits per heavy atom. The van der Waals surface area contributed by atoms with Crippen molar-refractivity contribution < 1.29 is 4.79 Å². The number of thioether (sulfide) groups is 1. The summed E-state index contributed by atoms with van der Waals surface area (Å²) in [6, 6.07) is 14.3. The molecule has 4 heteroatoms. The SMILES string of the molecule is Cc1ccc(CSCC(=O)N(C)CCc2ccccn2)cc1. The Kier molecular flexibility index (Phi) is 6.46.